The molecule has 0 aliphatic heterocycles. The molecule has 11 heteroatoms. The number of amides is 1. The summed E-state index contributed by atoms with van der Waals surface area (Å²) in [6.07, 6.45) is 0. The second-order valence-electron chi connectivity index (χ2n) is 6.40. The van der Waals surface area contributed by atoms with Crippen molar-refractivity contribution in [1.29, 1.82) is 5.26 Å². The molecule has 2 aromatic carbocycles. The Morgan fingerprint density at radius 2 is 1.32 bits per heavy atom. The van der Waals surface area contributed by atoms with E-state index in [1.165, 1.54) is 17.9 Å². The van der Waals surface area contributed by atoms with Gasteiger partial charge in [0.25, 0.3) is 5.91 Å². The molecule has 0 aliphatic rings. The molecule has 1 amide bonds. The van der Waals surface area contributed by atoms with E-state index in [2.05, 4.69) is 42.1 Å². The maximum atomic E-state index is 11.1. The van der Waals surface area contributed by atoms with E-state index in [1.807, 2.05) is 54.6 Å². The number of hydrogen-bond acceptors (Lipinski definition) is 6. The third-order valence-electron chi connectivity index (χ3n) is 4.28. The summed E-state index contributed by atoms with van der Waals surface area (Å²) in [6, 6.07) is 20.1. The SMILES string of the molecule is C.COc1cc(C#N)nn1-c1ccc(Br)cc1.COc1cc(C(N)=O)nn1-c1ccc(Br)cc1. The number of carbonyl (C=O) groups excluding carboxylic acids is 1. The van der Waals surface area contributed by atoms with Gasteiger partial charge in [0.2, 0.25) is 11.8 Å². The molecule has 2 aromatic heterocycles. The number of ether oxygens (including phenoxy) is 2. The predicted octanol–water partition coefficient (Wildman–Crippen LogP) is 4.89. The first-order valence-electron chi connectivity index (χ1n) is 9.36. The second kappa shape index (κ2) is 12.0. The minimum atomic E-state index is -0.584. The smallest absolute Gasteiger partial charge is 0.269 e. The summed E-state index contributed by atoms with van der Waals surface area (Å²) in [7, 11) is 3.06. The summed E-state index contributed by atoms with van der Waals surface area (Å²) >= 11 is 6.71. The van der Waals surface area contributed by atoms with Crippen molar-refractivity contribution >= 4 is 37.8 Å². The summed E-state index contributed by atoms with van der Waals surface area (Å²) in [5.74, 6) is 0.416. The van der Waals surface area contributed by atoms with Crippen LogP contribution < -0.4 is 15.2 Å². The molecule has 2 heterocycles. The summed E-state index contributed by atoms with van der Waals surface area (Å²) in [5.41, 5.74) is 7.32. The van der Waals surface area contributed by atoms with Gasteiger partial charge in [-0.2, -0.15) is 20.1 Å². The minimum Gasteiger partial charge on any atom is -0.481 e. The monoisotopic (exact) mass is 588 g/mol. The van der Waals surface area contributed by atoms with Gasteiger partial charge in [-0.1, -0.05) is 39.3 Å². The molecular formula is C23H22Br2N6O3. The van der Waals surface area contributed by atoms with Crippen LogP contribution in [0.15, 0.2) is 69.6 Å². The standard InChI is InChI=1S/C11H10BrN3O2.C11H8BrN3O.CH4/c1-17-10-6-9(11(13)16)14-15(10)8-4-2-7(12)3-5-8;1-16-11-6-9(7-13)14-15(11)10-4-2-8(12)3-5-10;/h2-6H,1H3,(H2,13,16);2-6H,1H3;1H4. The third kappa shape index (κ3) is 6.24. The van der Waals surface area contributed by atoms with Crippen LogP contribution in [0, 0.1) is 11.3 Å². The molecule has 0 radical (unpaired) electrons. The van der Waals surface area contributed by atoms with E-state index >= 15 is 0 Å². The molecule has 9 nitrogen and oxygen atoms in total. The Balaban J connectivity index is 0.000000234. The number of nitrogens with zero attached hydrogens (tertiary/aromatic N) is 5. The molecule has 0 saturated heterocycles. The molecule has 34 heavy (non-hydrogen) atoms. The lowest BCUT2D eigenvalue weighted by Crippen LogP contribution is -2.12. The van der Waals surface area contributed by atoms with Gasteiger partial charge < -0.3 is 15.2 Å². The van der Waals surface area contributed by atoms with E-state index < -0.39 is 5.91 Å². The first-order chi connectivity index (χ1) is 15.9. The lowest BCUT2D eigenvalue weighted by atomic mass is 10.3. The Labute approximate surface area is 214 Å². The Bertz CT molecular complexity index is 1290. The van der Waals surface area contributed by atoms with Gasteiger partial charge in [-0.05, 0) is 48.5 Å². The number of primary amides is 1. The van der Waals surface area contributed by atoms with Crippen molar-refractivity contribution in [3.8, 4) is 29.2 Å². The van der Waals surface area contributed by atoms with Gasteiger partial charge in [0, 0.05) is 21.1 Å². The Morgan fingerprint density at radius 3 is 1.74 bits per heavy atom. The van der Waals surface area contributed by atoms with Crippen LogP contribution in [0.2, 0.25) is 0 Å². The number of hydrogen-bond donors (Lipinski definition) is 1. The van der Waals surface area contributed by atoms with E-state index in [0.717, 1.165) is 20.3 Å². The largest absolute Gasteiger partial charge is 0.481 e. The van der Waals surface area contributed by atoms with E-state index in [0.29, 0.717) is 17.5 Å². The molecule has 4 rings (SSSR count). The first-order valence-corrected chi connectivity index (χ1v) is 10.9. The summed E-state index contributed by atoms with van der Waals surface area (Å²) in [5, 5.41) is 17.0. The number of carbonyl (C=O) groups is 1. The van der Waals surface area contributed by atoms with Crippen LogP contribution in [0.25, 0.3) is 11.4 Å². The summed E-state index contributed by atoms with van der Waals surface area (Å²) in [4.78, 5) is 11.1. The summed E-state index contributed by atoms with van der Waals surface area (Å²) in [6.45, 7) is 0. The lowest BCUT2D eigenvalue weighted by Gasteiger charge is -2.05. The normalized spacial score (nSPS) is 9.74. The quantitative estimate of drug-likeness (QED) is 0.354. The van der Waals surface area contributed by atoms with Gasteiger partial charge in [-0.25, -0.2) is 4.68 Å². The molecule has 0 aliphatic carbocycles. The lowest BCUT2D eigenvalue weighted by molar-refractivity contribution is 0.0995. The fourth-order valence-corrected chi connectivity index (χ4v) is 3.26. The highest BCUT2D eigenvalue weighted by molar-refractivity contribution is 9.10. The van der Waals surface area contributed by atoms with Crippen molar-refractivity contribution in [2.24, 2.45) is 5.73 Å². The van der Waals surface area contributed by atoms with Crippen molar-refractivity contribution in [2.45, 2.75) is 7.43 Å². The van der Waals surface area contributed by atoms with Crippen molar-refractivity contribution < 1.29 is 14.3 Å². The maximum Gasteiger partial charge on any atom is 0.269 e. The van der Waals surface area contributed by atoms with Crippen molar-refractivity contribution in [3.05, 3.63) is 81.0 Å². The van der Waals surface area contributed by atoms with E-state index in [4.69, 9.17) is 20.5 Å². The Hall–Kier alpha value is -3.62. The topological polar surface area (TPSA) is 121 Å². The van der Waals surface area contributed by atoms with Crippen molar-refractivity contribution in [3.63, 3.8) is 0 Å². The van der Waals surface area contributed by atoms with Crippen LogP contribution in [-0.4, -0.2) is 39.7 Å². The fraction of sp³-hybridized carbons (Fsp3) is 0.130. The Kier molecular flexibility index (Phi) is 9.41. The van der Waals surface area contributed by atoms with Crippen LogP contribution in [0.4, 0.5) is 0 Å². The molecule has 176 valence electrons. The van der Waals surface area contributed by atoms with Crippen LogP contribution in [-0.2, 0) is 0 Å². The number of halogens is 2. The molecule has 0 saturated carbocycles. The zero-order valence-corrected chi connectivity index (χ0v) is 20.7. The second-order valence-corrected chi connectivity index (χ2v) is 8.23. The average Bonchev–Trinajstić information content (AvgIpc) is 3.45. The highest BCUT2D eigenvalue weighted by Crippen LogP contribution is 2.21. The highest BCUT2D eigenvalue weighted by atomic mass is 79.9. The fourth-order valence-electron chi connectivity index (χ4n) is 2.73. The number of rotatable bonds is 5. The van der Waals surface area contributed by atoms with Gasteiger partial charge in [0.05, 0.1) is 25.6 Å². The highest BCUT2D eigenvalue weighted by Gasteiger charge is 2.13. The van der Waals surface area contributed by atoms with E-state index in [9.17, 15) is 4.79 Å². The molecular weight excluding hydrogens is 568 g/mol. The molecule has 0 unspecified atom stereocenters. The number of aromatic nitrogens is 4. The maximum absolute atomic E-state index is 11.1. The summed E-state index contributed by atoms with van der Waals surface area (Å²) < 4.78 is 15.3. The number of benzene rings is 2. The molecule has 0 bridgehead atoms. The minimum absolute atomic E-state index is 0. The van der Waals surface area contributed by atoms with Gasteiger partial charge in [-0.3, -0.25) is 4.79 Å². The zero-order chi connectivity index (χ0) is 24.0. The van der Waals surface area contributed by atoms with Gasteiger partial charge in [0.15, 0.2) is 11.4 Å². The number of methoxy groups -OCH3 is 2. The molecule has 0 atom stereocenters. The number of nitrogens with two attached hydrogens (primary N) is 1. The van der Waals surface area contributed by atoms with Crippen LogP contribution in [0.1, 0.15) is 23.6 Å². The third-order valence-corrected chi connectivity index (χ3v) is 5.34. The predicted molar refractivity (Wildman–Crippen MR) is 136 cm³/mol. The zero-order valence-electron chi connectivity index (χ0n) is 17.6. The molecule has 0 fully saturated rings. The van der Waals surface area contributed by atoms with Gasteiger partial charge in [0.1, 0.15) is 6.07 Å². The van der Waals surface area contributed by atoms with E-state index in [1.54, 1.807) is 17.9 Å². The van der Waals surface area contributed by atoms with Crippen LogP contribution in [0.5, 0.6) is 11.8 Å². The van der Waals surface area contributed by atoms with Crippen LogP contribution >= 0.6 is 31.9 Å². The van der Waals surface area contributed by atoms with Crippen molar-refractivity contribution in [2.75, 3.05) is 14.2 Å². The molecule has 0 spiro atoms. The average molecular weight is 590 g/mol. The van der Waals surface area contributed by atoms with Crippen LogP contribution in [0.3, 0.4) is 0 Å². The van der Waals surface area contributed by atoms with Gasteiger partial charge >= 0.3 is 0 Å². The Morgan fingerprint density at radius 1 is 0.882 bits per heavy atom. The first kappa shape index (κ1) is 26.6. The van der Waals surface area contributed by atoms with E-state index in [-0.39, 0.29) is 13.1 Å². The molecule has 2 N–H and O–H groups in total. The van der Waals surface area contributed by atoms with Crippen molar-refractivity contribution in [1.82, 2.24) is 19.6 Å². The van der Waals surface area contributed by atoms with Gasteiger partial charge in [-0.15, -0.1) is 0 Å². The molecule has 4 aromatic rings. The number of nitriles is 1.